The van der Waals surface area contributed by atoms with Crippen molar-refractivity contribution in [1.29, 1.82) is 0 Å². The molecule has 2 N–H and O–H groups in total. The van der Waals surface area contributed by atoms with Crippen LogP contribution in [-0.2, 0) is 9.59 Å². The Bertz CT molecular complexity index is 549. The summed E-state index contributed by atoms with van der Waals surface area (Å²) in [4.78, 5) is 23.6. The lowest BCUT2D eigenvalue weighted by Crippen LogP contribution is -2.49. The van der Waals surface area contributed by atoms with E-state index in [4.69, 9.17) is 9.84 Å². The van der Waals surface area contributed by atoms with E-state index in [1.807, 2.05) is 31.2 Å². The molecule has 0 aromatic heterocycles. The Labute approximate surface area is 130 Å². The maximum absolute atomic E-state index is 12.5. The number of nitrogens with one attached hydrogen (secondary N) is 1. The van der Waals surface area contributed by atoms with Crippen LogP contribution < -0.4 is 10.1 Å². The Kier molecular flexibility index (Phi) is 5.06. The highest BCUT2D eigenvalue weighted by Crippen LogP contribution is 2.33. The van der Waals surface area contributed by atoms with Gasteiger partial charge in [0.1, 0.15) is 5.75 Å². The smallest absolute Gasteiger partial charge is 0.305 e. The van der Waals surface area contributed by atoms with Crippen molar-refractivity contribution >= 4 is 11.9 Å². The van der Waals surface area contributed by atoms with Gasteiger partial charge in [0, 0.05) is 0 Å². The van der Waals surface area contributed by atoms with Gasteiger partial charge in [0.15, 0.2) is 0 Å². The van der Waals surface area contributed by atoms with E-state index < -0.39 is 11.5 Å². The Hall–Kier alpha value is -2.04. The lowest BCUT2D eigenvalue weighted by atomic mass is 9.91. The van der Waals surface area contributed by atoms with Crippen molar-refractivity contribution in [3.8, 4) is 5.75 Å². The molecule has 5 heteroatoms. The molecule has 1 atom stereocenters. The average Bonchev–Trinajstić information content (AvgIpc) is 2.93. The van der Waals surface area contributed by atoms with Gasteiger partial charge < -0.3 is 15.2 Å². The Balaban J connectivity index is 2.10. The largest absolute Gasteiger partial charge is 0.497 e. The molecule has 0 bridgehead atoms. The van der Waals surface area contributed by atoms with Crippen LogP contribution in [0.5, 0.6) is 5.75 Å². The standard InChI is InChI=1S/C17H23NO4/c1-12(13-6-5-7-14(10-13)22-2)16(21)18-17(11-15(19)20)8-3-4-9-17/h5-7,10,12H,3-4,8-9,11H2,1-2H3,(H,18,21)(H,19,20). The van der Waals surface area contributed by atoms with E-state index in [0.717, 1.165) is 31.2 Å². The topological polar surface area (TPSA) is 75.6 Å². The number of hydrogen-bond acceptors (Lipinski definition) is 3. The first-order valence-corrected chi connectivity index (χ1v) is 7.63. The number of carbonyl (C=O) groups is 2. The zero-order chi connectivity index (χ0) is 16.2. The molecule has 22 heavy (non-hydrogen) atoms. The zero-order valence-electron chi connectivity index (χ0n) is 13.1. The number of carbonyl (C=O) groups excluding carboxylic acids is 1. The summed E-state index contributed by atoms with van der Waals surface area (Å²) >= 11 is 0. The van der Waals surface area contributed by atoms with Gasteiger partial charge in [0.05, 0.1) is 25.0 Å². The van der Waals surface area contributed by atoms with E-state index in [1.165, 1.54) is 0 Å². The third-order valence-corrected chi connectivity index (χ3v) is 4.43. The molecule has 0 spiro atoms. The summed E-state index contributed by atoms with van der Waals surface area (Å²) in [5.74, 6) is -0.632. The monoisotopic (exact) mass is 305 g/mol. The third kappa shape index (κ3) is 3.78. The molecule has 1 aromatic carbocycles. The molecule has 120 valence electrons. The molecule has 2 rings (SSSR count). The molecule has 0 saturated heterocycles. The molecule has 1 unspecified atom stereocenters. The quantitative estimate of drug-likeness (QED) is 0.847. The number of methoxy groups -OCH3 is 1. The molecule has 0 aliphatic heterocycles. The highest BCUT2D eigenvalue weighted by atomic mass is 16.5. The maximum atomic E-state index is 12.5. The molecule has 1 saturated carbocycles. The number of rotatable bonds is 6. The van der Waals surface area contributed by atoms with E-state index >= 15 is 0 Å². The van der Waals surface area contributed by atoms with Gasteiger partial charge >= 0.3 is 5.97 Å². The van der Waals surface area contributed by atoms with Crippen molar-refractivity contribution in [3.63, 3.8) is 0 Å². The SMILES string of the molecule is COc1cccc(C(C)C(=O)NC2(CC(=O)O)CCCC2)c1. The van der Waals surface area contributed by atoms with Crippen molar-refractivity contribution in [2.24, 2.45) is 0 Å². The number of hydrogen-bond donors (Lipinski definition) is 2. The molecule has 0 heterocycles. The Morgan fingerprint density at radius 2 is 2.05 bits per heavy atom. The molecule has 1 aromatic rings. The number of aliphatic carboxylic acids is 1. The van der Waals surface area contributed by atoms with Crippen molar-refractivity contribution in [3.05, 3.63) is 29.8 Å². The van der Waals surface area contributed by atoms with Crippen LogP contribution in [0.15, 0.2) is 24.3 Å². The van der Waals surface area contributed by atoms with Crippen molar-refractivity contribution in [2.45, 2.75) is 50.5 Å². The van der Waals surface area contributed by atoms with Gasteiger partial charge in [-0.1, -0.05) is 25.0 Å². The maximum Gasteiger partial charge on any atom is 0.305 e. The minimum atomic E-state index is -0.865. The zero-order valence-corrected chi connectivity index (χ0v) is 13.1. The highest BCUT2D eigenvalue weighted by Gasteiger charge is 2.38. The molecular formula is C17H23NO4. The van der Waals surface area contributed by atoms with E-state index in [1.54, 1.807) is 7.11 Å². The summed E-state index contributed by atoms with van der Waals surface area (Å²) in [6, 6.07) is 7.39. The fourth-order valence-electron chi connectivity index (χ4n) is 3.12. The minimum absolute atomic E-state index is 0.0103. The summed E-state index contributed by atoms with van der Waals surface area (Å²) in [6.45, 7) is 1.83. The van der Waals surface area contributed by atoms with Gasteiger partial charge in [-0.15, -0.1) is 0 Å². The lowest BCUT2D eigenvalue weighted by Gasteiger charge is -2.30. The second-order valence-electron chi connectivity index (χ2n) is 6.05. The predicted octanol–water partition coefficient (Wildman–Crippen LogP) is 2.70. The first-order chi connectivity index (χ1) is 10.5. The summed E-state index contributed by atoms with van der Waals surface area (Å²) in [6.07, 6.45) is 3.37. The Morgan fingerprint density at radius 3 is 2.64 bits per heavy atom. The molecule has 5 nitrogen and oxygen atoms in total. The van der Waals surface area contributed by atoms with Crippen LogP contribution in [-0.4, -0.2) is 29.6 Å². The minimum Gasteiger partial charge on any atom is -0.497 e. The fraction of sp³-hybridized carbons (Fsp3) is 0.529. The van der Waals surface area contributed by atoms with E-state index in [9.17, 15) is 9.59 Å². The number of carboxylic acids is 1. The number of amides is 1. The van der Waals surface area contributed by atoms with Crippen LogP contribution in [0.2, 0.25) is 0 Å². The van der Waals surface area contributed by atoms with Crippen LogP contribution in [0.3, 0.4) is 0 Å². The van der Waals surface area contributed by atoms with Crippen LogP contribution in [0.25, 0.3) is 0 Å². The van der Waals surface area contributed by atoms with Gasteiger partial charge in [-0.3, -0.25) is 9.59 Å². The molecule has 1 fully saturated rings. The van der Waals surface area contributed by atoms with Crippen LogP contribution >= 0.6 is 0 Å². The predicted molar refractivity (Wildman–Crippen MR) is 83.0 cm³/mol. The normalized spacial score (nSPS) is 17.7. The van der Waals surface area contributed by atoms with E-state index in [0.29, 0.717) is 5.75 Å². The van der Waals surface area contributed by atoms with Gasteiger partial charge in [-0.25, -0.2) is 0 Å². The van der Waals surface area contributed by atoms with E-state index in [-0.39, 0.29) is 18.2 Å². The van der Waals surface area contributed by atoms with Gasteiger partial charge in [0.2, 0.25) is 5.91 Å². The molecule has 1 aliphatic rings. The lowest BCUT2D eigenvalue weighted by molar-refractivity contribution is -0.139. The van der Waals surface area contributed by atoms with Crippen LogP contribution in [0.4, 0.5) is 0 Å². The first-order valence-electron chi connectivity index (χ1n) is 7.63. The summed E-state index contributed by atoms with van der Waals surface area (Å²) in [7, 11) is 1.59. The van der Waals surface area contributed by atoms with Crippen molar-refractivity contribution < 1.29 is 19.4 Å². The van der Waals surface area contributed by atoms with Gasteiger partial charge in [0.25, 0.3) is 0 Å². The number of benzene rings is 1. The van der Waals surface area contributed by atoms with Crippen molar-refractivity contribution in [1.82, 2.24) is 5.32 Å². The van der Waals surface area contributed by atoms with Gasteiger partial charge in [-0.05, 0) is 37.5 Å². The summed E-state index contributed by atoms with van der Waals surface area (Å²) < 4.78 is 5.18. The second kappa shape index (κ2) is 6.81. The second-order valence-corrected chi connectivity index (χ2v) is 6.05. The van der Waals surface area contributed by atoms with Gasteiger partial charge in [-0.2, -0.15) is 0 Å². The molecular weight excluding hydrogens is 282 g/mol. The molecule has 1 amide bonds. The highest BCUT2D eigenvalue weighted by molar-refractivity contribution is 5.84. The number of carboxylic acid groups (broad SMARTS) is 1. The fourth-order valence-corrected chi connectivity index (χ4v) is 3.12. The summed E-state index contributed by atoms with van der Waals surface area (Å²) in [5, 5.41) is 12.1. The number of ether oxygens (including phenoxy) is 1. The van der Waals surface area contributed by atoms with Crippen LogP contribution in [0, 0.1) is 0 Å². The molecule has 0 radical (unpaired) electrons. The molecule has 1 aliphatic carbocycles. The van der Waals surface area contributed by atoms with E-state index in [2.05, 4.69) is 5.32 Å². The third-order valence-electron chi connectivity index (χ3n) is 4.43. The van der Waals surface area contributed by atoms with Crippen LogP contribution in [0.1, 0.15) is 50.5 Å². The van der Waals surface area contributed by atoms with Crippen molar-refractivity contribution in [2.75, 3.05) is 7.11 Å². The Morgan fingerprint density at radius 1 is 1.36 bits per heavy atom. The first kappa shape index (κ1) is 16.3. The summed E-state index contributed by atoms with van der Waals surface area (Å²) in [5.41, 5.74) is 0.274. The average molecular weight is 305 g/mol.